The van der Waals surface area contributed by atoms with Gasteiger partial charge in [0.15, 0.2) is 12.5 Å². The summed E-state index contributed by atoms with van der Waals surface area (Å²) >= 11 is 0. The molecule has 15 heavy (non-hydrogen) atoms. The van der Waals surface area contributed by atoms with Gasteiger partial charge in [-0.15, -0.1) is 0 Å². The first kappa shape index (κ1) is 15.6. The van der Waals surface area contributed by atoms with Crippen molar-refractivity contribution in [2.75, 3.05) is 6.73 Å². The fraction of sp³-hybridized carbons (Fsp3) is 0.300. The highest BCUT2D eigenvalue weighted by molar-refractivity contribution is 5.86. The van der Waals surface area contributed by atoms with Gasteiger partial charge in [-0.3, -0.25) is 9.59 Å². The molecule has 0 aliphatic heterocycles. The molecule has 0 saturated heterocycles. The summed E-state index contributed by atoms with van der Waals surface area (Å²) in [5.74, 6) is -0.768. The highest BCUT2D eigenvalue weighted by Gasteiger charge is 1.93. The van der Waals surface area contributed by atoms with Crippen molar-refractivity contribution in [3.05, 3.63) is 25.3 Å². The van der Waals surface area contributed by atoms with Crippen molar-refractivity contribution < 1.29 is 19.1 Å². The Morgan fingerprint density at radius 2 is 1.67 bits per heavy atom. The molecule has 0 aliphatic rings. The third-order valence-corrected chi connectivity index (χ3v) is 0.990. The lowest BCUT2D eigenvalue weighted by molar-refractivity contribution is -0.139. The third-order valence-electron chi connectivity index (χ3n) is 0.990. The van der Waals surface area contributed by atoms with E-state index in [2.05, 4.69) is 23.2 Å². The average Bonchev–Trinajstić information content (AvgIpc) is 2.17. The van der Waals surface area contributed by atoms with Crippen LogP contribution >= 0.6 is 0 Å². The molecule has 0 radical (unpaired) electrons. The molecule has 0 atom stereocenters. The van der Waals surface area contributed by atoms with Crippen molar-refractivity contribution in [1.29, 1.82) is 0 Å². The summed E-state index contributed by atoms with van der Waals surface area (Å²) in [6.45, 7) is 9.09. The summed E-state index contributed by atoms with van der Waals surface area (Å²) in [4.78, 5) is 30.2. The summed E-state index contributed by atoms with van der Waals surface area (Å²) in [5.41, 5.74) is 0. The first-order valence-electron chi connectivity index (χ1n) is 4.10. The second kappa shape index (κ2) is 10.2. The lowest BCUT2D eigenvalue weighted by Gasteiger charge is -2.00. The van der Waals surface area contributed by atoms with E-state index in [1.165, 1.54) is 19.9 Å². The van der Waals surface area contributed by atoms with Gasteiger partial charge in [0.25, 0.3) is 0 Å². The van der Waals surface area contributed by atoms with E-state index in [1.807, 2.05) is 0 Å². The molecule has 0 spiro atoms. The van der Waals surface area contributed by atoms with Gasteiger partial charge in [-0.2, -0.15) is 0 Å². The minimum atomic E-state index is -0.547. The predicted molar refractivity (Wildman–Crippen MR) is 55.9 cm³/mol. The van der Waals surface area contributed by atoms with E-state index in [0.717, 1.165) is 6.08 Å². The Balaban J connectivity index is 0. The van der Waals surface area contributed by atoms with Gasteiger partial charge in [0.05, 0.1) is 0 Å². The minimum Gasteiger partial charge on any atom is -0.441 e. The number of esters is 1. The van der Waals surface area contributed by atoms with Crippen molar-refractivity contribution >= 4 is 17.7 Å². The molecule has 0 aromatic carbocycles. The van der Waals surface area contributed by atoms with E-state index in [4.69, 9.17) is 0 Å². The van der Waals surface area contributed by atoms with E-state index in [9.17, 15) is 14.4 Å². The molecule has 0 rings (SSSR count). The number of nitrogens with one attached hydrogen (secondary N) is 1. The standard InChI is InChI=1S/C6H9NO3.C4H6O/c1-3-6(9)10-4-7-5(2)8;1-3-4(2)5/h3H,1,4H2,2H3,(H,7,8);3H,1H2,2H3. The fourth-order valence-electron chi connectivity index (χ4n) is 0.268. The Hall–Kier alpha value is -1.91. The number of ketones is 1. The fourth-order valence-corrected chi connectivity index (χ4v) is 0.268. The van der Waals surface area contributed by atoms with E-state index >= 15 is 0 Å². The number of carbonyl (C=O) groups is 3. The zero-order chi connectivity index (χ0) is 12.3. The second-order valence-electron chi connectivity index (χ2n) is 2.36. The summed E-state index contributed by atoms with van der Waals surface area (Å²) in [7, 11) is 0. The number of ether oxygens (including phenoxy) is 1. The summed E-state index contributed by atoms with van der Waals surface area (Å²) in [6.07, 6.45) is 2.31. The van der Waals surface area contributed by atoms with Crippen LogP contribution in [0.1, 0.15) is 13.8 Å². The normalized spacial score (nSPS) is 7.60. The lowest BCUT2D eigenvalue weighted by atomic mass is 10.5. The maximum Gasteiger partial charge on any atom is 0.331 e. The molecule has 0 aromatic rings. The molecule has 5 nitrogen and oxygen atoms in total. The Kier molecular flexibility index (Phi) is 10.6. The van der Waals surface area contributed by atoms with Crippen LogP contribution in [-0.4, -0.2) is 24.4 Å². The SMILES string of the molecule is C=CC(=O)OCNC(C)=O.C=CC(C)=O. The number of carbonyl (C=O) groups excluding carboxylic acids is 3. The van der Waals surface area contributed by atoms with Crippen LogP contribution in [-0.2, 0) is 19.1 Å². The van der Waals surface area contributed by atoms with Crippen molar-refractivity contribution in [3.63, 3.8) is 0 Å². The van der Waals surface area contributed by atoms with Crippen LogP contribution in [0.5, 0.6) is 0 Å². The highest BCUT2D eigenvalue weighted by atomic mass is 16.5. The first-order valence-corrected chi connectivity index (χ1v) is 4.10. The Morgan fingerprint density at radius 1 is 1.20 bits per heavy atom. The number of allylic oxidation sites excluding steroid dienone is 1. The highest BCUT2D eigenvalue weighted by Crippen LogP contribution is 1.74. The van der Waals surface area contributed by atoms with Crippen LogP contribution in [0.4, 0.5) is 0 Å². The van der Waals surface area contributed by atoms with Crippen LogP contribution in [0.25, 0.3) is 0 Å². The van der Waals surface area contributed by atoms with Gasteiger partial charge in [-0.05, 0) is 13.0 Å². The maximum absolute atomic E-state index is 10.3. The van der Waals surface area contributed by atoms with Crippen LogP contribution in [0.3, 0.4) is 0 Å². The number of amides is 1. The molecule has 0 aliphatic carbocycles. The number of rotatable bonds is 4. The van der Waals surface area contributed by atoms with Crippen LogP contribution < -0.4 is 5.32 Å². The lowest BCUT2D eigenvalue weighted by Crippen LogP contribution is -2.24. The van der Waals surface area contributed by atoms with Crippen molar-refractivity contribution in [2.24, 2.45) is 0 Å². The predicted octanol–water partition coefficient (Wildman–Crippen LogP) is 0.571. The van der Waals surface area contributed by atoms with Crippen LogP contribution in [0.2, 0.25) is 0 Å². The van der Waals surface area contributed by atoms with Gasteiger partial charge >= 0.3 is 5.97 Å². The van der Waals surface area contributed by atoms with Gasteiger partial charge in [0, 0.05) is 13.0 Å². The van der Waals surface area contributed by atoms with Crippen molar-refractivity contribution in [1.82, 2.24) is 5.32 Å². The van der Waals surface area contributed by atoms with Gasteiger partial charge in [-0.25, -0.2) is 4.79 Å². The Bertz CT molecular complexity index is 258. The number of hydrogen-bond donors (Lipinski definition) is 1. The van der Waals surface area contributed by atoms with Crippen LogP contribution in [0.15, 0.2) is 25.3 Å². The zero-order valence-corrected chi connectivity index (χ0v) is 8.91. The molecule has 0 bridgehead atoms. The molecule has 1 N–H and O–H groups in total. The van der Waals surface area contributed by atoms with E-state index in [1.54, 1.807) is 0 Å². The van der Waals surface area contributed by atoms with E-state index in [-0.39, 0.29) is 18.4 Å². The van der Waals surface area contributed by atoms with Gasteiger partial charge < -0.3 is 10.1 Å². The molecular weight excluding hydrogens is 198 g/mol. The van der Waals surface area contributed by atoms with Crippen molar-refractivity contribution in [3.8, 4) is 0 Å². The molecule has 0 fully saturated rings. The third kappa shape index (κ3) is 18.8. The van der Waals surface area contributed by atoms with E-state index in [0.29, 0.717) is 0 Å². The Morgan fingerprint density at radius 3 is 1.93 bits per heavy atom. The molecular formula is C10H15NO4. The summed E-state index contributed by atoms with van der Waals surface area (Å²) < 4.78 is 4.41. The zero-order valence-electron chi connectivity index (χ0n) is 8.91. The smallest absolute Gasteiger partial charge is 0.331 e. The summed E-state index contributed by atoms with van der Waals surface area (Å²) in [6, 6.07) is 0. The average molecular weight is 213 g/mol. The van der Waals surface area contributed by atoms with Crippen molar-refractivity contribution in [2.45, 2.75) is 13.8 Å². The van der Waals surface area contributed by atoms with Gasteiger partial charge in [0.1, 0.15) is 0 Å². The van der Waals surface area contributed by atoms with Gasteiger partial charge in [-0.1, -0.05) is 13.2 Å². The first-order chi connectivity index (χ1) is 6.93. The van der Waals surface area contributed by atoms with E-state index < -0.39 is 5.97 Å². The molecule has 5 heteroatoms. The Labute approximate surface area is 88.8 Å². The topological polar surface area (TPSA) is 72.5 Å². The summed E-state index contributed by atoms with van der Waals surface area (Å²) in [5, 5.41) is 2.28. The molecule has 1 amide bonds. The molecule has 0 aromatic heterocycles. The second-order valence-corrected chi connectivity index (χ2v) is 2.36. The van der Waals surface area contributed by atoms with Crippen LogP contribution in [0, 0.1) is 0 Å². The molecule has 84 valence electrons. The maximum atomic E-state index is 10.3. The quantitative estimate of drug-likeness (QED) is 0.421. The van der Waals surface area contributed by atoms with Gasteiger partial charge in [0.2, 0.25) is 5.91 Å². The minimum absolute atomic E-state index is 0.0185. The molecule has 0 heterocycles. The largest absolute Gasteiger partial charge is 0.441 e. The monoisotopic (exact) mass is 213 g/mol. The number of hydrogen-bond acceptors (Lipinski definition) is 4. The molecule has 0 saturated carbocycles. The molecule has 0 unspecified atom stereocenters.